The number of furan rings is 2. The minimum Gasteiger partial charge on any atom is -0.455 e. The highest BCUT2D eigenvalue weighted by molar-refractivity contribution is 6.25. The van der Waals surface area contributed by atoms with Crippen LogP contribution in [0.25, 0.3) is 110 Å². The molecule has 8 aromatic carbocycles. The molecule has 244 valence electrons. The van der Waals surface area contributed by atoms with Crippen LogP contribution in [0.3, 0.4) is 0 Å². The molecule has 0 atom stereocenters. The summed E-state index contributed by atoms with van der Waals surface area (Å²) in [6.45, 7) is 0. The van der Waals surface area contributed by atoms with Gasteiger partial charge in [0.05, 0.1) is 44.2 Å². The molecule has 0 saturated carbocycles. The molecule has 0 radical (unpaired) electrons. The highest BCUT2D eigenvalue weighted by Crippen LogP contribution is 2.45. The SMILES string of the molecule is [2HH].c1ccc(-n2c3ccccc3c3c4oc5ccccc5c4ccc32)c(-c2ccccc2-n2c3ccccc3c3c4oc5ccccc5c4ccc32)c1. The Labute approximate surface area is 298 Å². The Kier molecular flexibility index (Phi) is 5.47. The average Bonchev–Trinajstić information content (AvgIpc) is 3.95. The van der Waals surface area contributed by atoms with Crippen LogP contribution >= 0.6 is 0 Å². The normalized spacial score (nSPS) is 12.2. The van der Waals surface area contributed by atoms with Crippen LogP contribution in [-0.2, 0) is 0 Å². The second-order valence-corrected chi connectivity index (χ2v) is 13.6. The van der Waals surface area contributed by atoms with Crippen molar-refractivity contribution in [3.8, 4) is 22.5 Å². The van der Waals surface area contributed by atoms with E-state index in [4.69, 9.17) is 8.83 Å². The van der Waals surface area contributed by atoms with Crippen LogP contribution in [0.2, 0.25) is 0 Å². The lowest BCUT2D eigenvalue weighted by molar-refractivity contribution is 0.672. The fourth-order valence-corrected chi connectivity index (χ4v) is 8.78. The lowest BCUT2D eigenvalue weighted by Gasteiger charge is -2.18. The largest absolute Gasteiger partial charge is 0.455 e. The van der Waals surface area contributed by atoms with Crippen LogP contribution in [0.15, 0.2) is 179 Å². The number of para-hydroxylation sites is 6. The standard InChI is InChI=1S/C48H28N2O2.H2/c1-7-19-37(49-39-21-9-3-17-35(39)45-41(49)27-25-33-31-15-5-11-23-43(31)51-47(33)45)29(13-1)30-14-2-8-20-38(30)50-40-22-10-4-18-36(40)46-42(50)28-26-34-32-16-6-12-24-44(32)52-48(34)46;/h1-28H;1H/i;1+1. The van der Waals surface area contributed by atoms with Crippen molar-refractivity contribution in [2.24, 2.45) is 0 Å². The Morgan fingerprint density at radius 2 is 0.692 bits per heavy atom. The Morgan fingerprint density at radius 1 is 0.308 bits per heavy atom. The summed E-state index contributed by atoms with van der Waals surface area (Å²) in [7, 11) is 0. The smallest absolute Gasteiger partial charge is 0.145 e. The summed E-state index contributed by atoms with van der Waals surface area (Å²) in [6.07, 6.45) is 0. The first-order chi connectivity index (χ1) is 25.8. The molecular formula is C48H30N2O2. The highest BCUT2D eigenvalue weighted by atomic mass is 16.3. The summed E-state index contributed by atoms with van der Waals surface area (Å²) >= 11 is 0. The van der Waals surface area contributed by atoms with Crippen molar-refractivity contribution in [3.05, 3.63) is 170 Å². The molecule has 0 spiro atoms. The number of nitrogens with zero attached hydrogens (tertiary/aromatic N) is 2. The monoisotopic (exact) mass is 667 g/mol. The van der Waals surface area contributed by atoms with Gasteiger partial charge in [-0.25, -0.2) is 0 Å². The van der Waals surface area contributed by atoms with E-state index in [1.54, 1.807) is 0 Å². The molecule has 4 heteroatoms. The molecule has 0 N–H and O–H groups in total. The van der Waals surface area contributed by atoms with E-state index >= 15 is 0 Å². The summed E-state index contributed by atoms with van der Waals surface area (Å²) < 4.78 is 18.0. The van der Waals surface area contributed by atoms with Crippen molar-refractivity contribution >= 4 is 87.5 Å². The Morgan fingerprint density at radius 3 is 1.17 bits per heavy atom. The Hall–Kier alpha value is -7.04. The van der Waals surface area contributed by atoms with Crippen molar-refractivity contribution in [2.45, 2.75) is 0 Å². The Balaban J connectivity index is 0.00000331. The number of fused-ring (bicyclic) bond motifs is 14. The maximum absolute atomic E-state index is 6.61. The summed E-state index contributed by atoms with van der Waals surface area (Å²) in [6, 6.07) is 60.5. The third kappa shape index (κ3) is 3.60. The van der Waals surface area contributed by atoms with Crippen molar-refractivity contribution in [3.63, 3.8) is 0 Å². The summed E-state index contributed by atoms with van der Waals surface area (Å²) in [5.74, 6) is 0. The van der Waals surface area contributed by atoms with Crippen molar-refractivity contribution in [2.75, 3.05) is 0 Å². The second-order valence-electron chi connectivity index (χ2n) is 13.6. The lowest BCUT2D eigenvalue weighted by Crippen LogP contribution is -2.01. The van der Waals surface area contributed by atoms with E-state index in [-0.39, 0.29) is 1.43 Å². The molecule has 0 aliphatic carbocycles. The van der Waals surface area contributed by atoms with Gasteiger partial charge in [-0.15, -0.1) is 0 Å². The van der Waals surface area contributed by atoms with Gasteiger partial charge in [-0.3, -0.25) is 0 Å². The zero-order valence-electron chi connectivity index (χ0n) is 27.9. The maximum Gasteiger partial charge on any atom is 0.145 e. The molecule has 0 saturated heterocycles. The van der Waals surface area contributed by atoms with Gasteiger partial charge < -0.3 is 18.0 Å². The number of hydrogen-bond acceptors (Lipinski definition) is 2. The fraction of sp³-hybridized carbons (Fsp3) is 0. The van der Waals surface area contributed by atoms with E-state index in [1.165, 1.54) is 10.8 Å². The molecule has 4 nitrogen and oxygen atoms in total. The van der Waals surface area contributed by atoms with E-state index < -0.39 is 0 Å². The topological polar surface area (TPSA) is 36.1 Å². The third-order valence-corrected chi connectivity index (χ3v) is 10.9. The van der Waals surface area contributed by atoms with E-state index in [9.17, 15) is 0 Å². The van der Waals surface area contributed by atoms with Gasteiger partial charge in [0, 0.05) is 44.9 Å². The number of aromatic nitrogens is 2. The number of hydrogen-bond donors (Lipinski definition) is 0. The minimum atomic E-state index is 0. The van der Waals surface area contributed by atoms with E-state index in [2.05, 4.69) is 167 Å². The first-order valence-corrected chi connectivity index (χ1v) is 17.7. The molecule has 0 amide bonds. The van der Waals surface area contributed by atoms with Crippen molar-refractivity contribution < 1.29 is 10.3 Å². The predicted octanol–water partition coefficient (Wildman–Crippen LogP) is 13.6. The van der Waals surface area contributed by atoms with Gasteiger partial charge in [-0.05, 0) is 60.7 Å². The van der Waals surface area contributed by atoms with Gasteiger partial charge in [-0.1, -0.05) is 109 Å². The molecule has 0 fully saturated rings. The van der Waals surface area contributed by atoms with E-state index in [0.717, 1.165) is 99.2 Å². The number of benzene rings is 8. The van der Waals surface area contributed by atoms with Gasteiger partial charge in [-0.2, -0.15) is 0 Å². The summed E-state index contributed by atoms with van der Waals surface area (Å²) in [4.78, 5) is 0. The van der Waals surface area contributed by atoms with Crippen LogP contribution in [-0.4, -0.2) is 9.13 Å². The van der Waals surface area contributed by atoms with E-state index in [1.807, 2.05) is 12.1 Å². The van der Waals surface area contributed by atoms with Crippen LogP contribution < -0.4 is 0 Å². The fourth-order valence-electron chi connectivity index (χ4n) is 8.78. The molecular weight excluding hydrogens is 637 g/mol. The molecule has 0 bridgehead atoms. The third-order valence-electron chi connectivity index (χ3n) is 10.9. The summed E-state index contributed by atoms with van der Waals surface area (Å²) in [5, 5.41) is 9.14. The van der Waals surface area contributed by atoms with Crippen LogP contribution in [0.4, 0.5) is 0 Å². The Bertz CT molecular complexity index is 3200. The summed E-state index contributed by atoms with van der Waals surface area (Å²) in [5.41, 5.74) is 12.7. The molecule has 12 rings (SSSR count). The van der Waals surface area contributed by atoms with Gasteiger partial charge in [0.15, 0.2) is 0 Å². The van der Waals surface area contributed by atoms with E-state index in [0.29, 0.717) is 0 Å². The predicted molar refractivity (Wildman–Crippen MR) is 217 cm³/mol. The molecule has 0 aliphatic rings. The quantitative estimate of drug-likeness (QED) is 0.188. The van der Waals surface area contributed by atoms with Gasteiger partial charge >= 0.3 is 0 Å². The van der Waals surface area contributed by atoms with Gasteiger partial charge in [0.1, 0.15) is 22.3 Å². The molecule has 52 heavy (non-hydrogen) atoms. The molecule has 4 aromatic heterocycles. The van der Waals surface area contributed by atoms with Crippen molar-refractivity contribution in [1.29, 1.82) is 0 Å². The molecule has 0 unspecified atom stereocenters. The average molecular weight is 668 g/mol. The minimum absolute atomic E-state index is 0. The van der Waals surface area contributed by atoms with Crippen LogP contribution in [0, 0.1) is 0 Å². The molecule has 4 heterocycles. The molecule has 12 aromatic rings. The van der Waals surface area contributed by atoms with Gasteiger partial charge in [0.2, 0.25) is 0 Å². The first kappa shape index (κ1) is 27.7. The van der Waals surface area contributed by atoms with Crippen LogP contribution in [0.1, 0.15) is 1.43 Å². The van der Waals surface area contributed by atoms with Crippen molar-refractivity contribution in [1.82, 2.24) is 9.13 Å². The zero-order chi connectivity index (χ0) is 33.9. The molecule has 0 aliphatic heterocycles. The van der Waals surface area contributed by atoms with Crippen LogP contribution in [0.5, 0.6) is 0 Å². The van der Waals surface area contributed by atoms with Gasteiger partial charge in [0.25, 0.3) is 0 Å². The second kappa shape index (κ2) is 10.3. The number of rotatable bonds is 3. The maximum atomic E-state index is 6.61. The first-order valence-electron chi connectivity index (χ1n) is 17.7. The lowest BCUT2D eigenvalue weighted by atomic mass is 10.0. The highest BCUT2D eigenvalue weighted by Gasteiger charge is 2.23. The zero-order valence-corrected chi connectivity index (χ0v) is 27.9.